The smallest absolute Gasteiger partial charge is 0.330 e. The highest BCUT2D eigenvalue weighted by Gasteiger charge is 2.82. The summed E-state index contributed by atoms with van der Waals surface area (Å²) in [7, 11) is 0. The molecule has 296 valence electrons. The van der Waals surface area contributed by atoms with Gasteiger partial charge in [0.15, 0.2) is 5.82 Å². The second-order valence-corrected chi connectivity index (χ2v) is 17.9. The molecule has 2 unspecified atom stereocenters. The lowest BCUT2D eigenvalue weighted by molar-refractivity contribution is 0.0370. The molecule has 1 saturated carbocycles. The third-order valence-corrected chi connectivity index (χ3v) is 15.1. The zero-order valence-corrected chi connectivity index (χ0v) is 33.4. The predicted molar refractivity (Wildman–Crippen MR) is 213 cm³/mol. The molecule has 7 heterocycles. The van der Waals surface area contributed by atoms with Crippen molar-refractivity contribution in [2.75, 3.05) is 36.9 Å². The summed E-state index contributed by atoms with van der Waals surface area (Å²) in [6.07, 6.45) is 6.15. The number of amides is 1. The Hall–Kier alpha value is -4.65. The minimum absolute atomic E-state index is 0.0184. The molecule has 2 N–H and O–H groups in total. The number of fused-ring (bicyclic) bond motifs is 4. The van der Waals surface area contributed by atoms with Gasteiger partial charge in [-0.05, 0) is 70.2 Å². The highest BCUT2D eigenvalue weighted by Crippen LogP contribution is 2.70. The molecule has 10 rings (SSSR count). The Bertz CT molecular complexity index is 2580. The quantitative estimate of drug-likeness (QED) is 0.181. The summed E-state index contributed by atoms with van der Waals surface area (Å²) in [6.45, 7) is 7.74. The molecule has 0 bridgehead atoms. The van der Waals surface area contributed by atoms with Crippen molar-refractivity contribution in [3.63, 3.8) is 0 Å². The highest BCUT2D eigenvalue weighted by molar-refractivity contribution is 7.23. The van der Waals surface area contributed by atoms with Crippen LogP contribution in [-0.2, 0) is 0 Å². The van der Waals surface area contributed by atoms with E-state index in [2.05, 4.69) is 27.8 Å². The van der Waals surface area contributed by atoms with Crippen molar-refractivity contribution in [3.05, 3.63) is 58.1 Å². The molecule has 5 aliphatic rings. The molecule has 5 aromatic rings. The Morgan fingerprint density at radius 2 is 1.98 bits per heavy atom. The van der Waals surface area contributed by atoms with Crippen molar-refractivity contribution in [1.82, 2.24) is 29.3 Å². The summed E-state index contributed by atoms with van der Waals surface area (Å²) in [4.78, 5) is 34.6. The van der Waals surface area contributed by atoms with E-state index >= 15 is 8.78 Å². The van der Waals surface area contributed by atoms with E-state index in [0.29, 0.717) is 30.7 Å². The number of ether oxygens (including phenoxy) is 1. The molecule has 1 spiro atoms. The molecule has 2 aromatic carbocycles. The lowest BCUT2D eigenvalue weighted by Gasteiger charge is -2.46. The molecule has 4 saturated heterocycles. The number of nitriles is 1. The molecule has 5 fully saturated rings. The molecule has 6 atom stereocenters. The number of nitrogen functional groups attached to an aromatic ring is 1. The van der Waals surface area contributed by atoms with Gasteiger partial charge in [0.1, 0.15) is 47.3 Å². The number of nitrogens with two attached hydrogens (primary N) is 1. The number of aromatic nitrogens is 4. The minimum atomic E-state index is -0.966. The Labute approximate surface area is 336 Å². The Balaban J connectivity index is 1.12. The SMILES string of the molecule is CC[C@H]1N(C(=O)n2cnc(C)c2C)C2C3N(c4nc(OC[C@@]56CCCN5C[C@H](F)C6)nc5c(F)c(-c6ccc(F)c7sc(N)c(C#N)c67)c(Cl)cc45)CCCC[C@@]321. The summed E-state index contributed by atoms with van der Waals surface area (Å²) in [5.74, 6) is -0.926. The normalized spacial score (nSPS) is 27.9. The van der Waals surface area contributed by atoms with Gasteiger partial charge in [-0.2, -0.15) is 15.2 Å². The summed E-state index contributed by atoms with van der Waals surface area (Å²) in [6, 6.07) is 5.92. The fourth-order valence-electron chi connectivity index (χ4n) is 11.1. The lowest BCUT2D eigenvalue weighted by atomic mass is 9.80. The van der Waals surface area contributed by atoms with Gasteiger partial charge in [0.2, 0.25) is 0 Å². The standard InChI is InChI=1S/C41H41ClF3N9O2S/c1-4-28-41-11-5-6-13-52(34(41)35(41)54(28)39(55)53-19-48-20(2)21(53)3)37-24-14-26(42)30(23-8-9-27(44)33-29(23)25(16-46)36(47)57-33)31(45)32(24)49-38(50-37)56-18-40-10-7-12-51(40)17-22(43)15-40/h8-9,14,19,22,28,34-35H,4-7,10-13,15,17-18,47H2,1-3H3/t22-,28-,34?,35?,40+,41-/m1/s1. The first-order valence-electron chi connectivity index (χ1n) is 19.7. The van der Waals surface area contributed by atoms with Gasteiger partial charge in [-0.3, -0.25) is 9.47 Å². The minimum Gasteiger partial charge on any atom is -0.461 e. The first-order chi connectivity index (χ1) is 27.4. The first-order valence-corrected chi connectivity index (χ1v) is 20.9. The van der Waals surface area contributed by atoms with Crippen molar-refractivity contribution in [1.29, 1.82) is 5.26 Å². The fraction of sp³-hybridized carbons (Fsp3) is 0.488. The molecular weight excluding hydrogens is 775 g/mol. The number of halogens is 4. The third kappa shape index (κ3) is 5.05. The van der Waals surface area contributed by atoms with E-state index in [1.54, 1.807) is 17.0 Å². The van der Waals surface area contributed by atoms with Crippen molar-refractivity contribution in [2.45, 2.75) is 95.6 Å². The van der Waals surface area contributed by atoms with E-state index in [9.17, 15) is 14.4 Å². The van der Waals surface area contributed by atoms with Crippen LogP contribution in [0.15, 0.2) is 24.5 Å². The van der Waals surface area contributed by atoms with E-state index in [1.807, 2.05) is 18.7 Å². The van der Waals surface area contributed by atoms with Crippen molar-refractivity contribution >= 4 is 60.8 Å². The van der Waals surface area contributed by atoms with E-state index in [4.69, 9.17) is 32.0 Å². The van der Waals surface area contributed by atoms with Crippen LogP contribution in [0.4, 0.5) is 28.8 Å². The van der Waals surface area contributed by atoms with Crippen molar-refractivity contribution in [2.24, 2.45) is 5.41 Å². The van der Waals surface area contributed by atoms with Crippen molar-refractivity contribution < 1.29 is 22.7 Å². The van der Waals surface area contributed by atoms with Crippen LogP contribution in [0.1, 0.15) is 68.8 Å². The lowest BCUT2D eigenvalue weighted by Crippen LogP contribution is -2.59. The van der Waals surface area contributed by atoms with Gasteiger partial charge in [0, 0.05) is 53.0 Å². The number of alkyl halides is 1. The van der Waals surface area contributed by atoms with E-state index in [0.717, 1.165) is 67.8 Å². The number of aryl methyl sites for hydroxylation is 1. The van der Waals surface area contributed by atoms with Crippen LogP contribution in [0.5, 0.6) is 6.01 Å². The van der Waals surface area contributed by atoms with E-state index in [-0.39, 0.29) is 84.5 Å². The maximum absolute atomic E-state index is 17.5. The van der Waals surface area contributed by atoms with Crippen LogP contribution in [0.2, 0.25) is 5.02 Å². The average molecular weight is 816 g/mol. The molecule has 11 nitrogen and oxygen atoms in total. The number of carbonyl (C=O) groups excluding carboxylic acids is 1. The van der Waals surface area contributed by atoms with E-state index < -0.39 is 23.3 Å². The van der Waals surface area contributed by atoms with Gasteiger partial charge < -0.3 is 20.3 Å². The topological polar surface area (TPSA) is 129 Å². The third-order valence-electron chi connectivity index (χ3n) is 13.8. The molecule has 57 heavy (non-hydrogen) atoms. The van der Waals surface area contributed by atoms with Gasteiger partial charge in [0.25, 0.3) is 0 Å². The predicted octanol–water partition coefficient (Wildman–Crippen LogP) is 8.16. The number of nitrogens with zero attached hydrogens (tertiary/aromatic N) is 8. The van der Waals surface area contributed by atoms with Crippen LogP contribution in [0, 0.1) is 42.2 Å². The van der Waals surface area contributed by atoms with Gasteiger partial charge in [-0.1, -0.05) is 31.0 Å². The molecule has 3 aromatic heterocycles. The van der Waals surface area contributed by atoms with Crippen molar-refractivity contribution in [3.8, 4) is 23.2 Å². The van der Waals surface area contributed by atoms with Gasteiger partial charge in [-0.25, -0.2) is 22.9 Å². The Morgan fingerprint density at radius 3 is 2.74 bits per heavy atom. The Morgan fingerprint density at radius 1 is 1.16 bits per heavy atom. The summed E-state index contributed by atoms with van der Waals surface area (Å²) in [5, 5.41) is 10.7. The number of thiophene rings is 1. The number of anilines is 2. The fourth-order valence-corrected chi connectivity index (χ4v) is 12.3. The summed E-state index contributed by atoms with van der Waals surface area (Å²) < 4.78 is 55.6. The maximum atomic E-state index is 17.5. The number of hydrogen-bond acceptors (Lipinski definition) is 10. The van der Waals surface area contributed by atoms with Crippen LogP contribution < -0.4 is 15.4 Å². The highest BCUT2D eigenvalue weighted by atomic mass is 35.5. The van der Waals surface area contributed by atoms with E-state index in [1.165, 1.54) is 12.1 Å². The van der Waals surface area contributed by atoms with Gasteiger partial charge in [-0.15, -0.1) is 11.3 Å². The molecule has 1 amide bonds. The number of benzene rings is 2. The number of rotatable bonds is 6. The molecular formula is C41H41ClF3N9O2S. The zero-order valence-electron chi connectivity index (χ0n) is 31.8. The largest absolute Gasteiger partial charge is 0.461 e. The van der Waals surface area contributed by atoms with Crippen LogP contribution in [-0.4, -0.2) is 91.4 Å². The van der Waals surface area contributed by atoms with Gasteiger partial charge >= 0.3 is 12.0 Å². The van der Waals surface area contributed by atoms with Crippen LogP contribution in [0.3, 0.4) is 0 Å². The number of imidazole rings is 1. The summed E-state index contributed by atoms with van der Waals surface area (Å²) in [5.41, 5.74) is 7.20. The number of carbonyl (C=O) groups is 1. The molecule has 1 aliphatic carbocycles. The first kappa shape index (κ1) is 36.7. The summed E-state index contributed by atoms with van der Waals surface area (Å²) >= 11 is 7.97. The Kier molecular flexibility index (Phi) is 8.32. The maximum Gasteiger partial charge on any atom is 0.330 e. The van der Waals surface area contributed by atoms with Crippen LogP contribution >= 0.6 is 22.9 Å². The number of hydrogen-bond donors (Lipinski definition) is 1. The second kappa shape index (κ2) is 12.9. The average Bonchev–Trinajstić information content (AvgIpc) is 3.58. The molecule has 16 heteroatoms. The molecule has 0 radical (unpaired) electrons. The van der Waals surface area contributed by atoms with Gasteiger partial charge in [0.05, 0.1) is 38.6 Å². The second-order valence-electron chi connectivity index (χ2n) is 16.4. The van der Waals surface area contributed by atoms with Crippen LogP contribution in [0.25, 0.3) is 32.1 Å². The molecule has 4 aliphatic heterocycles. The monoisotopic (exact) mass is 815 g/mol. The zero-order chi connectivity index (χ0) is 39.7. The number of likely N-dealkylation sites (tertiary alicyclic amines) is 1.